The van der Waals surface area contributed by atoms with Crippen molar-refractivity contribution in [3.05, 3.63) is 0 Å². The van der Waals surface area contributed by atoms with E-state index in [0.29, 0.717) is 5.92 Å². The molecule has 2 saturated heterocycles. The Balaban J connectivity index is 2.15. The lowest BCUT2D eigenvalue weighted by molar-refractivity contribution is -0.146. The minimum Gasteiger partial charge on any atom is -0.480 e. The van der Waals surface area contributed by atoms with Gasteiger partial charge in [0.2, 0.25) is 0 Å². The summed E-state index contributed by atoms with van der Waals surface area (Å²) in [5.74, 6) is -0.298. The Morgan fingerprint density at radius 3 is 2.91 bits per heavy atom. The molecule has 0 spiro atoms. The Bertz CT molecular complexity index is 167. The van der Waals surface area contributed by atoms with E-state index in [1.807, 2.05) is 5.01 Å². The minimum absolute atomic E-state index is 0.260. The van der Waals surface area contributed by atoms with Gasteiger partial charge >= 0.3 is 5.97 Å². The number of hydrazine groups is 1. The van der Waals surface area contributed by atoms with E-state index >= 15 is 0 Å². The summed E-state index contributed by atoms with van der Waals surface area (Å²) in [6, 6.07) is -0.260. The molecule has 2 aliphatic heterocycles. The van der Waals surface area contributed by atoms with E-state index in [9.17, 15) is 4.79 Å². The number of carboxylic acid groups (broad SMARTS) is 1. The first-order valence-corrected chi connectivity index (χ1v) is 4.02. The van der Waals surface area contributed by atoms with E-state index in [-0.39, 0.29) is 6.04 Å². The fraction of sp³-hybridized carbons (Fsp3) is 0.857. The molecule has 2 aliphatic rings. The zero-order valence-electron chi connectivity index (χ0n) is 6.29. The lowest BCUT2D eigenvalue weighted by Crippen LogP contribution is -2.51. The van der Waals surface area contributed by atoms with E-state index in [4.69, 9.17) is 5.11 Å². The number of carbonyl (C=O) groups is 1. The molecule has 2 N–H and O–H groups in total. The van der Waals surface area contributed by atoms with Crippen molar-refractivity contribution in [3.8, 4) is 0 Å². The van der Waals surface area contributed by atoms with E-state index in [0.717, 1.165) is 25.9 Å². The second kappa shape index (κ2) is 2.46. The van der Waals surface area contributed by atoms with Crippen molar-refractivity contribution >= 4 is 5.97 Å². The lowest BCUT2D eigenvalue weighted by atomic mass is 9.96. The van der Waals surface area contributed by atoms with Gasteiger partial charge in [-0.25, -0.2) is 5.01 Å². The number of hydrogen-bond acceptors (Lipinski definition) is 3. The quantitative estimate of drug-likeness (QED) is 0.546. The van der Waals surface area contributed by atoms with Crippen LogP contribution in [0.1, 0.15) is 12.8 Å². The molecule has 0 aromatic carbocycles. The number of nitrogens with zero attached hydrogens (tertiary/aromatic N) is 1. The van der Waals surface area contributed by atoms with Crippen molar-refractivity contribution in [3.63, 3.8) is 0 Å². The lowest BCUT2D eigenvalue weighted by Gasteiger charge is -2.30. The third kappa shape index (κ3) is 1.02. The van der Waals surface area contributed by atoms with E-state index < -0.39 is 5.97 Å². The summed E-state index contributed by atoms with van der Waals surface area (Å²) in [6.45, 7) is 1.83. The largest absolute Gasteiger partial charge is 0.480 e. The van der Waals surface area contributed by atoms with Gasteiger partial charge in [-0.2, -0.15) is 0 Å². The summed E-state index contributed by atoms with van der Waals surface area (Å²) in [6.07, 6.45) is 2.04. The monoisotopic (exact) mass is 156 g/mol. The van der Waals surface area contributed by atoms with E-state index in [1.165, 1.54) is 0 Å². The van der Waals surface area contributed by atoms with Gasteiger partial charge in [0.25, 0.3) is 0 Å². The summed E-state index contributed by atoms with van der Waals surface area (Å²) in [5, 5.41) is 10.7. The van der Waals surface area contributed by atoms with Crippen molar-refractivity contribution in [1.82, 2.24) is 10.4 Å². The molecule has 2 bridgehead atoms. The second-order valence-corrected chi connectivity index (χ2v) is 3.22. The maximum absolute atomic E-state index is 10.7. The van der Waals surface area contributed by atoms with E-state index in [2.05, 4.69) is 5.43 Å². The first-order chi connectivity index (χ1) is 5.29. The van der Waals surface area contributed by atoms with Crippen molar-refractivity contribution in [2.75, 3.05) is 13.1 Å². The molecule has 0 saturated carbocycles. The molecule has 2 fully saturated rings. The molecular weight excluding hydrogens is 144 g/mol. The zero-order chi connectivity index (χ0) is 7.84. The van der Waals surface area contributed by atoms with Crippen LogP contribution >= 0.6 is 0 Å². The third-order valence-electron chi connectivity index (χ3n) is 2.61. The first-order valence-electron chi connectivity index (χ1n) is 4.02. The van der Waals surface area contributed by atoms with Crippen molar-refractivity contribution in [2.24, 2.45) is 5.92 Å². The predicted octanol–water partition coefficient (Wildman–Crippen LogP) is -0.330. The van der Waals surface area contributed by atoms with Crippen molar-refractivity contribution in [2.45, 2.75) is 18.9 Å². The van der Waals surface area contributed by atoms with Crippen LogP contribution in [0.25, 0.3) is 0 Å². The topological polar surface area (TPSA) is 52.6 Å². The molecule has 0 radical (unpaired) electrons. The summed E-state index contributed by atoms with van der Waals surface area (Å²) in [7, 11) is 0. The molecule has 0 aromatic rings. The first kappa shape index (κ1) is 7.06. The Kier molecular flexibility index (Phi) is 1.58. The molecule has 0 aliphatic carbocycles. The molecule has 0 amide bonds. The highest BCUT2D eigenvalue weighted by Gasteiger charge is 2.41. The molecule has 4 heteroatoms. The fourth-order valence-electron chi connectivity index (χ4n) is 2.06. The van der Waals surface area contributed by atoms with Gasteiger partial charge in [0.1, 0.15) is 6.04 Å². The molecule has 0 aromatic heterocycles. The third-order valence-corrected chi connectivity index (χ3v) is 2.61. The molecule has 2 heterocycles. The summed E-state index contributed by atoms with van der Waals surface area (Å²) in [4.78, 5) is 10.7. The maximum Gasteiger partial charge on any atom is 0.322 e. The number of nitrogens with one attached hydrogen (secondary N) is 1. The van der Waals surface area contributed by atoms with Gasteiger partial charge in [0, 0.05) is 13.1 Å². The summed E-state index contributed by atoms with van der Waals surface area (Å²) in [5.41, 5.74) is 3.09. The van der Waals surface area contributed by atoms with Crippen molar-refractivity contribution < 1.29 is 9.90 Å². The average Bonchev–Trinajstić information content (AvgIpc) is 2.23. The minimum atomic E-state index is -0.681. The molecule has 3 unspecified atom stereocenters. The molecule has 11 heavy (non-hydrogen) atoms. The Morgan fingerprint density at radius 1 is 1.55 bits per heavy atom. The van der Waals surface area contributed by atoms with Crippen LogP contribution in [0.15, 0.2) is 0 Å². The summed E-state index contributed by atoms with van der Waals surface area (Å²) >= 11 is 0. The molecule has 3 atom stereocenters. The van der Waals surface area contributed by atoms with E-state index in [1.54, 1.807) is 0 Å². The van der Waals surface area contributed by atoms with Crippen LogP contribution in [0.4, 0.5) is 0 Å². The predicted molar refractivity (Wildman–Crippen MR) is 38.9 cm³/mol. The van der Waals surface area contributed by atoms with Crippen LogP contribution < -0.4 is 5.43 Å². The molecule has 2 rings (SSSR count). The number of hydrogen-bond donors (Lipinski definition) is 2. The SMILES string of the molecule is O=C(O)C1C2CCNN1CC2. The Hall–Kier alpha value is -0.610. The molecule has 62 valence electrons. The average molecular weight is 156 g/mol. The van der Waals surface area contributed by atoms with Crippen LogP contribution in [-0.2, 0) is 4.79 Å². The van der Waals surface area contributed by atoms with Gasteiger partial charge in [-0.3, -0.25) is 10.2 Å². The van der Waals surface area contributed by atoms with Gasteiger partial charge in [-0.05, 0) is 18.8 Å². The maximum atomic E-state index is 10.7. The highest BCUT2D eigenvalue weighted by Crippen LogP contribution is 2.28. The van der Waals surface area contributed by atoms with Crippen molar-refractivity contribution in [1.29, 1.82) is 0 Å². The van der Waals surface area contributed by atoms with Crippen LogP contribution in [0, 0.1) is 5.92 Å². The Labute approximate surface area is 65.2 Å². The van der Waals surface area contributed by atoms with Crippen LogP contribution in [0.2, 0.25) is 0 Å². The number of fused-ring (bicyclic) bond motifs is 2. The van der Waals surface area contributed by atoms with Crippen LogP contribution in [0.3, 0.4) is 0 Å². The number of rotatable bonds is 1. The molecule has 4 nitrogen and oxygen atoms in total. The van der Waals surface area contributed by atoms with Crippen LogP contribution in [0.5, 0.6) is 0 Å². The second-order valence-electron chi connectivity index (χ2n) is 3.22. The highest BCUT2D eigenvalue weighted by atomic mass is 16.4. The highest BCUT2D eigenvalue weighted by molar-refractivity contribution is 5.74. The normalized spacial score (nSPS) is 42.4. The zero-order valence-corrected chi connectivity index (χ0v) is 6.29. The van der Waals surface area contributed by atoms with Gasteiger partial charge in [-0.1, -0.05) is 0 Å². The van der Waals surface area contributed by atoms with Gasteiger partial charge in [0.15, 0.2) is 0 Å². The van der Waals surface area contributed by atoms with Gasteiger partial charge in [0.05, 0.1) is 0 Å². The fourth-order valence-corrected chi connectivity index (χ4v) is 2.06. The van der Waals surface area contributed by atoms with Gasteiger partial charge < -0.3 is 5.11 Å². The standard InChI is InChI=1S/C7H12N2O2/c10-7(11)6-5-1-3-8-9(6)4-2-5/h5-6,8H,1-4H2,(H,10,11). The number of carboxylic acids is 1. The van der Waals surface area contributed by atoms with Crippen LogP contribution in [-0.4, -0.2) is 35.2 Å². The Morgan fingerprint density at radius 2 is 2.36 bits per heavy atom. The smallest absolute Gasteiger partial charge is 0.322 e. The van der Waals surface area contributed by atoms with Gasteiger partial charge in [-0.15, -0.1) is 0 Å². The summed E-state index contributed by atoms with van der Waals surface area (Å²) < 4.78 is 0. The number of aliphatic carboxylic acids is 1. The molecular formula is C7H12N2O2.